The lowest BCUT2D eigenvalue weighted by Crippen LogP contribution is -2.29. The molecule has 0 saturated carbocycles. The van der Waals surface area contributed by atoms with E-state index in [-0.39, 0.29) is 38.6 Å². The number of phosphoric ester groups is 1. The number of nitrogens with two attached hydrogens (primary N) is 1. The third kappa shape index (κ3) is 79.0. The lowest BCUT2D eigenvalue weighted by atomic mass is 10.0. The van der Waals surface area contributed by atoms with Crippen LogP contribution in [0.25, 0.3) is 0 Å². The van der Waals surface area contributed by atoms with E-state index in [4.69, 9.17) is 24.3 Å². The Morgan fingerprint density at radius 2 is 0.547 bits per heavy atom. The molecule has 0 aliphatic heterocycles. The van der Waals surface area contributed by atoms with Gasteiger partial charge in [-0.2, -0.15) is 0 Å². The smallest absolute Gasteiger partial charge is 0.462 e. The molecule has 3 N–H and O–H groups in total. The van der Waals surface area contributed by atoms with Crippen LogP contribution in [0.2, 0.25) is 0 Å². The fourth-order valence-electron chi connectivity index (χ4n) is 11.3. The number of ether oxygens (including phenoxy) is 2. The minimum absolute atomic E-state index is 0.0516. The van der Waals surface area contributed by atoms with Crippen molar-refractivity contribution >= 4 is 19.8 Å². The van der Waals surface area contributed by atoms with Crippen molar-refractivity contribution < 1.29 is 37.6 Å². The normalized spacial score (nSPS) is 13.6. The quantitative estimate of drug-likeness (QED) is 0.0264. The lowest BCUT2D eigenvalue weighted by molar-refractivity contribution is -0.161. The van der Waals surface area contributed by atoms with Crippen molar-refractivity contribution in [3.05, 3.63) is 134 Å². The van der Waals surface area contributed by atoms with E-state index < -0.39 is 26.5 Å². The summed E-state index contributed by atoms with van der Waals surface area (Å²) in [6.07, 6.45) is 113. The molecule has 9 nitrogen and oxygen atoms in total. The Morgan fingerprint density at radius 3 is 0.811 bits per heavy atom. The molecule has 0 bridgehead atoms. The number of carbonyl (C=O) groups is 2. The van der Waals surface area contributed by atoms with E-state index >= 15 is 0 Å². The van der Waals surface area contributed by atoms with Crippen molar-refractivity contribution in [2.75, 3.05) is 26.4 Å². The van der Waals surface area contributed by atoms with Crippen LogP contribution >= 0.6 is 7.82 Å². The van der Waals surface area contributed by atoms with Crippen molar-refractivity contribution in [2.45, 2.75) is 367 Å². The first kappa shape index (κ1) is 91.2. The molecule has 0 rings (SSSR count). The molecule has 0 aromatic heterocycles. The number of allylic oxidation sites excluding steroid dienone is 22. The van der Waals surface area contributed by atoms with E-state index in [1.807, 2.05) is 0 Å². The topological polar surface area (TPSA) is 134 Å². The van der Waals surface area contributed by atoms with Gasteiger partial charge >= 0.3 is 19.8 Å². The van der Waals surface area contributed by atoms with Gasteiger partial charge in [0.15, 0.2) is 6.10 Å². The van der Waals surface area contributed by atoms with Crippen LogP contribution in [0.1, 0.15) is 361 Å². The van der Waals surface area contributed by atoms with E-state index in [1.165, 1.54) is 218 Å². The van der Waals surface area contributed by atoms with E-state index in [2.05, 4.69) is 148 Å². The maximum absolute atomic E-state index is 12.8. The molecule has 10 heteroatoms. The Balaban J connectivity index is 3.80. The molecule has 0 aliphatic rings. The van der Waals surface area contributed by atoms with Crippen LogP contribution in [-0.2, 0) is 32.7 Å². The van der Waals surface area contributed by atoms with Crippen LogP contribution in [0.15, 0.2) is 134 Å². The number of unbranched alkanes of at least 4 members (excludes halogenated alkanes) is 39. The summed E-state index contributed by atoms with van der Waals surface area (Å²) in [4.78, 5) is 35.5. The standard InChI is InChI=1S/C85H148NO8P/c1-3-5-7-9-11-13-15-17-19-21-23-25-27-29-31-33-35-37-38-39-40-41-42-43-44-46-48-50-52-54-56-58-60-62-64-66-68-70-72-74-76-78-85(88)94-83(82-93-95(89,90)92-80-79-86)81-91-84(87)77-75-73-71-69-67-65-63-61-59-57-55-53-51-49-47-45-36-34-32-30-28-26-24-22-20-18-16-14-12-10-8-6-4-2/h5-8,11-14,17-20,23-26,29-32,35,37,83H,3-4,9-10,15-16,21-22,27-28,33-34,36,38-82,86H2,1-2H3,(H,89,90)/b7-5-,8-6-,13-11-,14-12-,19-17-,20-18-,25-23-,26-24-,31-29-,32-30-,37-35-. The number of carbonyl (C=O) groups excluding carboxylic acids is 2. The minimum atomic E-state index is -4.40. The lowest BCUT2D eigenvalue weighted by Gasteiger charge is -2.19. The zero-order valence-electron chi connectivity index (χ0n) is 61.6. The molecule has 2 atom stereocenters. The van der Waals surface area contributed by atoms with Gasteiger partial charge in [-0.15, -0.1) is 0 Å². The average molecular weight is 1340 g/mol. The van der Waals surface area contributed by atoms with Crippen LogP contribution in [0, 0.1) is 0 Å². The van der Waals surface area contributed by atoms with Gasteiger partial charge in [-0.3, -0.25) is 18.6 Å². The summed E-state index contributed by atoms with van der Waals surface area (Å²) in [6.45, 7) is 3.56. The largest absolute Gasteiger partial charge is 0.472 e. The predicted octanol–water partition coefficient (Wildman–Crippen LogP) is 26.8. The van der Waals surface area contributed by atoms with Gasteiger partial charge in [-0.1, -0.05) is 372 Å². The maximum Gasteiger partial charge on any atom is 0.472 e. The van der Waals surface area contributed by atoms with Gasteiger partial charge in [-0.25, -0.2) is 4.57 Å². The van der Waals surface area contributed by atoms with Crippen molar-refractivity contribution in [1.82, 2.24) is 0 Å². The highest BCUT2D eigenvalue weighted by atomic mass is 31.2. The molecule has 0 saturated heterocycles. The van der Waals surface area contributed by atoms with Crippen molar-refractivity contribution in [1.29, 1.82) is 0 Å². The van der Waals surface area contributed by atoms with Crippen molar-refractivity contribution in [3.8, 4) is 0 Å². The Morgan fingerprint density at radius 1 is 0.316 bits per heavy atom. The molecule has 0 fully saturated rings. The van der Waals surface area contributed by atoms with Crippen molar-refractivity contribution in [3.63, 3.8) is 0 Å². The minimum Gasteiger partial charge on any atom is -0.462 e. The molecule has 546 valence electrons. The van der Waals surface area contributed by atoms with Gasteiger partial charge in [0.25, 0.3) is 0 Å². The Kier molecular flexibility index (Phi) is 75.9. The van der Waals surface area contributed by atoms with E-state index in [0.717, 1.165) is 109 Å². The molecule has 0 amide bonds. The SMILES string of the molecule is CC/C=C\C/C=C\C/C=C\C/C=C\C/C=C\C/C=C\CCCCCCCCCCCCCCCCCCCCCCCCC(=O)OC(COC(=O)CCCCCCCCCCCCCCCCCCC/C=C\C/C=C\C/C=C\C/C=C\C/C=C\CC)COP(=O)(O)OCCN. The van der Waals surface area contributed by atoms with Gasteiger partial charge in [0.05, 0.1) is 13.2 Å². The number of hydrogen-bond acceptors (Lipinski definition) is 8. The molecule has 95 heavy (non-hydrogen) atoms. The molecule has 2 unspecified atom stereocenters. The molecule has 0 aliphatic carbocycles. The first-order valence-electron chi connectivity index (χ1n) is 39.7. The molecule has 0 heterocycles. The Labute approximate surface area is 586 Å². The summed E-state index contributed by atoms with van der Waals surface area (Å²) in [7, 11) is -4.40. The number of hydrogen-bond donors (Lipinski definition) is 2. The Bertz CT molecular complexity index is 2030. The van der Waals surface area contributed by atoms with E-state index in [9.17, 15) is 19.0 Å². The highest BCUT2D eigenvalue weighted by molar-refractivity contribution is 7.47. The second kappa shape index (κ2) is 79.1. The molecular formula is C85H148NO8P. The van der Waals surface area contributed by atoms with Gasteiger partial charge in [0.2, 0.25) is 0 Å². The maximum atomic E-state index is 12.8. The molecule has 0 spiro atoms. The van der Waals surface area contributed by atoms with Crippen molar-refractivity contribution in [2.24, 2.45) is 5.73 Å². The highest BCUT2D eigenvalue weighted by Crippen LogP contribution is 2.43. The van der Waals surface area contributed by atoms with Crippen LogP contribution in [0.4, 0.5) is 0 Å². The van der Waals surface area contributed by atoms with Gasteiger partial charge < -0.3 is 20.1 Å². The number of phosphoric acid groups is 1. The second-order valence-corrected chi connectivity index (χ2v) is 27.6. The van der Waals surface area contributed by atoms with Gasteiger partial charge in [-0.05, 0) is 109 Å². The van der Waals surface area contributed by atoms with Crippen LogP contribution in [0.3, 0.4) is 0 Å². The summed E-state index contributed by atoms with van der Waals surface area (Å²) >= 11 is 0. The third-order valence-corrected chi connectivity index (χ3v) is 18.0. The summed E-state index contributed by atoms with van der Waals surface area (Å²) < 4.78 is 33.3. The fourth-order valence-corrected chi connectivity index (χ4v) is 12.0. The second-order valence-electron chi connectivity index (χ2n) is 26.2. The van der Waals surface area contributed by atoms with Crippen LogP contribution in [-0.4, -0.2) is 49.3 Å². The molecule has 0 aromatic carbocycles. The zero-order chi connectivity index (χ0) is 68.6. The first-order valence-corrected chi connectivity index (χ1v) is 41.2. The predicted molar refractivity (Wildman–Crippen MR) is 413 cm³/mol. The summed E-state index contributed by atoms with van der Waals surface area (Å²) in [5, 5.41) is 0. The molecule has 0 aromatic rings. The van der Waals surface area contributed by atoms with Crippen LogP contribution in [0.5, 0.6) is 0 Å². The monoisotopic (exact) mass is 1340 g/mol. The molecule has 0 radical (unpaired) electrons. The zero-order valence-corrected chi connectivity index (χ0v) is 62.5. The van der Waals surface area contributed by atoms with Gasteiger partial charge in [0.1, 0.15) is 6.61 Å². The highest BCUT2D eigenvalue weighted by Gasteiger charge is 2.26. The fraction of sp³-hybridized carbons (Fsp3) is 0.718. The summed E-state index contributed by atoms with van der Waals surface area (Å²) in [6, 6.07) is 0. The van der Waals surface area contributed by atoms with Gasteiger partial charge in [0, 0.05) is 19.4 Å². The van der Waals surface area contributed by atoms with E-state index in [0.29, 0.717) is 6.42 Å². The van der Waals surface area contributed by atoms with E-state index in [1.54, 1.807) is 0 Å². The summed E-state index contributed by atoms with van der Waals surface area (Å²) in [5.41, 5.74) is 5.42. The Hall–Kier alpha value is -3.85. The number of rotatable bonds is 74. The first-order chi connectivity index (χ1) is 46.8. The average Bonchev–Trinajstić information content (AvgIpc) is 2.75. The third-order valence-electron chi connectivity index (χ3n) is 17.0. The number of esters is 2. The molecular weight excluding hydrogens is 1190 g/mol. The van der Waals surface area contributed by atoms with Crippen LogP contribution < -0.4 is 5.73 Å². The summed E-state index contributed by atoms with van der Waals surface area (Å²) in [5.74, 6) is -0.814.